The van der Waals surface area contributed by atoms with Crippen LogP contribution in [0.25, 0.3) is 0 Å². The summed E-state index contributed by atoms with van der Waals surface area (Å²) in [6.45, 7) is 4.29. The van der Waals surface area contributed by atoms with E-state index in [0.29, 0.717) is 31.5 Å². The number of rotatable bonds is 16. The lowest BCUT2D eigenvalue weighted by Gasteiger charge is -2.25. The zero-order valence-corrected chi connectivity index (χ0v) is 20.5. The molecule has 0 spiro atoms. The number of aromatic nitrogens is 2. The summed E-state index contributed by atoms with van der Waals surface area (Å²) in [5, 5.41) is 17.1. The molecule has 0 radical (unpaired) electrons. The van der Waals surface area contributed by atoms with E-state index in [0.717, 1.165) is 6.42 Å². The Morgan fingerprint density at radius 1 is 1.06 bits per heavy atom. The Morgan fingerprint density at radius 3 is 2.21 bits per heavy atom. The molecule has 4 atom stereocenters. The molecule has 1 heterocycles. The minimum atomic E-state index is -1.24. The van der Waals surface area contributed by atoms with Gasteiger partial charge in [-0.3, -0.25) is 14.4 Å². The molecule has 0 saturated carbocycles. The third-order valence-electron chi connectivity index (χ3n) is 5.06. The molecule has 1 aromatic rings. The van der Waals surface area contributed by atoms with Gasteiger partial charge in [0, 0.05) is 24.1 Å². The van der Waals surface area contributed by atoms with Gasteiger partial charge in [0.25, 0.3) is 0 Å². The minimum Gasteiger partial charge on any atom is -0.480 e. The molecule has 12 nitrogen and oxygen atoms in total. The number of imidazole rings is 1. The summed E-state index contributed by atoms with van der Waals surface area (Å²) in [6, 6.07) is -4.03. The Balaban J connectivity index is 2.79. The van der Waals surface area contributed by atoms with E-state index in [4.69, 9.17) is 11.5 Å². The molecule has 4 unspecified atom stereocenters. The number of nitrogens with two attached hydrogens (primary N) is 2. The van der Waals surface area contributed by atoms with Crippen molar-refractivity contribution in [1.29, 1.82) is 0 Å². The number of unbranched alkanes of at least 4 members (excludes halogenated alkanes) is 1. The van der Waals surface area contributed by atoms with Crippen molar-refractivity contribution >= 4 is 36.3 Å². The van der Waals surface area contributed by atoms with E-state index in [1.807, 2.05) is 13.8 Å². The van der Waals surface area contributed by atoms with Crippen molar-refractivity contribution in [2.75, 3.05) is 12.3 Å². The van der Waals surface area contributed by atoms with Crippen LogP contribution in [-0.4, -0.2) is 75.2 Å². The normalized spacial score (nSPS) is 14.6. The maximum absolute atomic E-state index is 12.9. The molecule has 1 rings (SSSR count). The Hall–Kier alpha value is -2.64. The van der Waals surface area contributed by atoms with Crippen LogP contribution in [0.15, 0.2) is 12.5 Å². The van der Waals surface area contributed by atoms with Crippen molar-refractivity contribution in [2.24, 2.45) is 17.4 Å². The lowest BCUT2D eigenvalue weighted by molar-refractivity contribution is -0.142. The molecule has 0 aliphatic carbocycles. The first kappa shape index (κ1) is 29.4. The van der Waals surface area contributed by atoms with E-state index in [9.17, 15) is 24.3 Å². The van der Waals surface area contributed by atoms with E-state index >= 15 is 0 Å². The maximum Gasteiger partial charge on any atom is 0.326 e. The van der Waals surface area contributed by atoms with Gasteiger partial charge in [0.05, 0.1) is 12.4 Å². The van der Waals surface area contributed by atoms with Crippen molar-refractivity contribution in [3.05, 3.63) is 18.2 Å². The largest absolute Gasteiger partial charge is 0.480 e. The molecule has 0 aliphatic heterocycles. The Morgan fingerprint density at radius 2 is 1.68 bits per heavy atom. The van der Waals surface area contributed by atoms with Gasteiger partial charge >= 0.3 is 5.97 Å². The van der Waals surface area contributed by atoms with Crippen molar-refractivity contribution in [3.63, 3.8) is 0 Å². The molecule has 3 amide bonds. The molecule has 0 fully saturated rings. The standard InChI is InChI=1S/C21H37N7O5S/c1-12(2)7-15(26-18(29)14(23)5-3-4-6-22)19(30)28-17(10-34)20(31)27-16(21(32)33)8-13-9-24-11-25-13/h9,11-12,14-17,34H,3-8,10,22-23H2,1-2H3,(H,24,25)(H,26,29)(H,27,31)(H,28,30)(H,32,33). The van der Waals surface area contributed by atoms with E-state index in [1.165, 1.54) is 12.5 Å². The molecular weight excluding hydrogens is 462 g/mol. The number of thiol groups is 1. The number of carboxylic acids is 1. The van der Waals surface area contributed by atoms with Crippen molar-refractivity contribution in [1.82, 2.24) is 25.9 Å². The second-order valence-corrected chi connectivity index (χ2v) is 8.87. The molecule has 0 saturated heterocycles. The monoisotopic (exact) mass is 499 g/mol. The number of carbonyl (C=O) groups excluding carboxylic acids is 3. The number of aliphatic carboxylic acids is 1. The van der Waals surface area contributed by atoms with E-state index in [-0.39, 0.29) is 18.1 Å². The molecule has 0 aromatic carbocycles. The molecule has 34 heavy (non-hydrogen) atoms. The fourth-order valence-electron chi connectivity index (χ4n) is 3.18. The first-order valence-corrected chi connectivity index (χ1v) is 11.9. The SMILES string of the molecule is CC(C)CC(NC(=O)C(N)CCCCN)C(=O)NC(CS)C(=O)NC(Cc1cnc[nH]1)C(=O)O. The van der Waals surface area contributed by atoms with Crippen LogP contribution >= 0.6 is 12.6 Å². The van der Waals surface area contributed by atoms with Gasteiger partial charge in [0.2, 0.25) is 17.7 Å². The predicted molar refractivity (Wildman–Crippen MR) is 130 cm³/mol. The highest BCUT2D eigenvalue weighted by atomic mass is 32.1. The molecule has 0 bridgehead atoms. The van der Waals surface area contributed by atoms with Crippen LogP contribution in [0.1, 0.15) is 45.2 Å². The summed E-state index contributed by atoms with van der Waals surface area (Å²) in [5.74, 6) is -2.99. The number of nitrogens with one attached hydrogen (secondary N) is 4. The summed E-state index contributed by atoms with van der Waals surface area (Å²) < 4.78 is 0. The second-order valence-electron chi connectivity index (χ2n) is 8.51. The first-order valence-electron chi connectivity index (χ1n) is 11.3. The number of H-pyrrole nitrogens is 1. The number of hydrogen-bond acceptors (Lipinski definition) is 8. The first-order chi connectivity index (χ1) is 16.1. The van der Waals surface area contributed by atoms with E-state index < -0.39 is 47.9 Å². The van der Waals surface area contributed by atoms with Crippen molar-refractivity contribution in [2.45, 2.75) is 70.1 Å². The molecule has 13 heteroatoms. The summed E-state index contributed by atoms with van der Waals surface area (Å²) in [4.78, 5) is 56.3. The lowest BCUT2D eigenvalue weighted by atomic mass is 10.0. The van der Waals surface area contributed by atoms with Gasteiger partial charge in [-0.2, -0.15) is 12.6 Å². The number of amides is 3. The average molecular weight is 500 g/mol. The fraction of sp³-hybridized carbons (Fsp3) is 0.667. The predicted octanol–water partition coefficient (Wildman–Crippen LogP) is -1.08. The second kappa shape index (κ2) is 15.3. The van der Waals surface area contributed by atoms with Gasteiger partial charge in [-0.1, -0.05) is 20.3 Å². The van der Waals surface area contributed by atoms with Crippen LogP contribution < -0.4 is 27.4 Å². The molecule has 1 aromatic heterocycles. The Labute approximate surface area is 204 Å². The Bertz CT molecular complexity index is 790. The number of carboxylic acid groups (broad SMARTS) is 1. The molecular formula is C21H37N7O5S. The van der Waals surface area contributed by atoms with Gasteiger partial charge in [-0.05, 0) is 31.7 Å². The quantitative estimate of drug-likeness (QED) is 0.103. The number of nitrogens with zero attached hydrogens (tertiary/aromatic N) is 1. The third-order valence-corrected chi connectivity index (χ3v) is 5.42. The summed E-state index contributed by atoms with van der Waals surface area (Å²) in [7, 11) is 0. The van der Waals surface area contributed by atoms with Crippen LogP contribution in [-0.2, 0) is 25.6 Å². The minimum absolute atomic E-state index is 0.0115. The van der Waals surface area contributed by atoms with E-state index in [2.05, 4.69) is 38.5 Å². The van der Waals surface area contributed by atoms with Crippen LogP contribution in [0.4, 0.5) is 0 Å². The number of aromatic amines is 1. The third kappa shape index (κ3) is 10.5. The van der Waals surface area contributed by atoms with Crippen molar-refractivity contribution in [3.8, 4) is 0 Å². The van der Waals surface area contributed by atoms with Gasteiger partial charge in [-0.25, -0.2) is 9.78 Å². The Kier molecular flexibility index (Phi) is 13.2. The number of hydrogen-bond donors (Lipinski definition) is 8. The van der Waals surface area contributed by atoms with Crippen LogP contribution in [0.5, 0.6) is 0 Å². The summed E-state index contributed by atoms with van der Waals surface area (Å²) >= 11 is 4.12. The van der Waals surface area contributed by atoms with E-state index in [1.54, 1.807) is 0 Å². The van der Waals surface area contributed by atoms with Gasteiger partial charge in [0.1, 0.15) is 18.1 Å². The summed E-state index contributed by atoms with van der Waals surface area (Å²) in [6.07, 6.45) is 5.05. The highest BCUT2D eigenvalue weighted by molar-refractivity contribution is 7.80. The smallest absolute Gasteiger partial charge is 0.326 e. The van der Waals surface area contributed by atoms with Crippen LogP contribution in [0.3, 0.4) is 0 Å². The highest BCUT2D eigenvalue weighted by Crippen LogP contribution is 2.08. The lowest BCUT2D eigenvalue weighted by Crippen LogP contribution is -2.58. The van der Waals surface area contributed by atoms with Crippen LogP contribution in [0.2, 0.25) is 0 Å². The zero-order chi connectivity index (χ0) is 25.7. The zero-order valence-electron chi connectivity index (χ0n) is 19.6. The highest BCUT2D eigenvalue weighted by Gasteiger charge is 2.30. The molecule has 9 N–H and O–H groups in total. The molecule has 192 valence electrons. The molecule has 0 aliphatic rings. The summed E-state index contributed by atoms with van der Waals surface area (Å²) in [5.41, 5.74) is 11.9. The van der Waals surface area contributed by atoms with Crippen molar-refractivity contribution < 1.29 is 24.3 Å². The van der Waals surface area contributed by atoms with Gasteiger partial charge < -0.3 is 37.5 Å². The van der Waals surface area contributed by atoms with Crippen LogP contribution in [0, 0.1) is 5.92 Å². The maximum atomic E-state index is 12.9. The average Bonchev–Trinajstić information content (AvgIpc) is 3.29. The van der Waals surface area contributed by atoms with Gasteiger partial charge in [0.15, 0.2) is 0 Å². The fourth-order valence-corrected chi connectivity index (χ4v) is 3.43. The van der Waals surface area contributed by atoms with Gasteiger partial charge in [-0.15, -0.1) is 0 Å². The topological polar surface area (TPSA) is 205 Å². The number of carbonyl (C=O) groups is 4.